The van der Waals surface area contributed by atoms with Gasteiger partial charge in [-0.25, -0.2) is 18.6 Å². The van der Waals surface area contributed by atoms with Crippen molar-refractivity contribution >= 4 is 26.9 Å². The summed E-state index contributed by atoms with van der Waals surface area (Å²) in [5.41, 5.74) is 7.82. The van der Waals surface area contributed by atoms with E-state index in [9.17, 15) is 13.2 Å². The lowest BCUT2D eigenvalue weighted by Crippen LogP contribution is -2.32. The predicted octanol–water partition coefficient (Wildman–Crippen LogP) is 4.02. The zero-order valence-corrected chi connectivity index (χ0v) is 22.3. The number of rotatable bonds is 6. The standard InChI is InChI=1S/C28H33N3O5S/c1-18-8-10-20(11-9-18)37(33,34)29-15-13-26(32)30-31-27-22-7-5-4-6-21(22)23-16-19-12-14-28(2,3)36-24(19)17-25(23)35-27/h8-11,16-17,29H,4-7,12-15H2,1-3H3,(H,30,32)/b31-27+. The molecule has 0 saturated heterocycles. The summed E-state index contributed by atoms with van der Waals surface area (Å²) >= 11 is 0. The molecule has 37 heavy (non-hydrogen) atoms. The number of sulfonamides is 1. The molecule has 0 spiro atoms. The van der Waals surface area contributed by atoms with E-state index >= 15 is 0 Å². The zero-order chi connectivity index (χ0) is 26.2. The number of fused-ring (bicyclic) bond motifs is 4. The molecule has 3 aromatic rings. The lowest BCUT2D eigenvalue weighted by atomic mass is 9.88. The summed E-state index contributed by atoms with van der Waals surface area (Å²) in [6, 6.07) is 10.7. The van der Waals surface area contributed by atoms with Crippen molar-refractivity contribution in [2.24, 2.45) is 5.10 Å². The van der Waals surface area contributed by atoms with Crippen LogP contribution in [0.15, 0.2) is 50.8 Å². The highest BCUT2D eigenvalue weighted by atomic mass is 32.2. The van der Waals surface area contributed by atoms with E-state index in [1.54, 1.807) is 24.3 Å². The van der Waals surface area contributed by atoms with Crippen molar-refractivity contribution in [3.05, 3.63) is 64.2 Å². The van der Waals surface area contributed by atoms with Crippen LogP contribution in [0.4, 0.5) is 0 Å². The van der Waals surface area contributed by atoms with Gasteiger partial charge < -0.3 is 9.15 Å². The van der Waals surface area contributed by atoms with Crippen LogP contribution in [0.3, 0.4) is 0 Å². The number of carbonyl (C=O) groups excluding carboxylic acids is 1. The summed E-state index contributed by atoms with van der Waals surface area (Å²) in [6.07, 6.45) is 5.77. The minimum Gasteiger partial charge on any atom is -0.487 e. The lowest BCUT2D eigenvalue weighted by Gasteiger charge is -2.33. The number of amides is 1. The van der Waals surface area contributed by atoms with Crippen LogP contribution in [-0.2, 0) is 34.1 Å². The maximum Gasteiger partial charge on any atom is 0.241 e. The van der Waals surface area contributed by atoms with Crippen molar-refractivity contribution in [3.8, 4) is 5.75 Å². The van der Waals surface area contributed by atoms with Crippen molar-refractivity contribution < 1.29 is 22.4 Å². The number of carbonyl (C=O) groups is 1. The number of aryl methyl sites for hydroxylation is 3. The van der Waals surface area contributed by atoms with Gasteiger partial charge in [0.25, 0.3) is 0 Å². The van der Waals surface area contributed by atoms with E-state index in [1.165, 1.54) is 11.1 Å². The van der Waals surface area contributed by atoms with Gasteiger partial charge in [0.1, 0.15) is 16.9 Å². The highest BCUT2D eigenvalue weighted by Gasteiger charge is 2.28. The summed E-state index contributed by atoms with van der Waals surface area (Å²) in [5.74, 6) is 0.432. The number of nitrogens with one attached hydrogen (secondary N) is 2. The van der Waals surface area contributed by atoms with Crippen molar-refractivity contribution in [2.45, 2.75) is 76.2 Å². The molecule has 2 N–H and O–H groups in total. The van der Waals surface area contributed by atoms with Crippen LogP contribution >= 0.6 is 0 Å². The first-order chi connectivity index (χ1) is 17.6. The van der Waals surface area contributed by atoms with E-state index in [2.05, 4.69) is 35.2 Å². The second-order valence-corrected chi connectivity index (χ2v) is 12.3. The Bertz CT molecular complexity index is 1520. The fourth-order valence-corrected chi connectivity index (χ4v) is 6.00. The van der Waals surface area contributed by atoms with Gasteiger partial charge in [0.05, 0.1) is 4.90 Å². The fourth-order valence-electron chi connectivity index (χ4n) is 4.96. The number of benzene rings is 2. The molecule has 5 rings (SSSR count). The molecule has 1 amide bonds. The molecular formula is C28H33N3O5S. The molecule has 8 nitrogen and oxygen atoms in total. The molecular weight excluding hydrogens is 490 g/mol. The fraction of sp³-hybridized carbons (Fsp3) is 0.429. The minimum absolute atomic E-state index is 0.0379. The molecule has 2 aliphatic rings. The molecule has 0 saturated carbocycles. The Morgan fingerprint density at radius 3 is 2.54 bits per heavy atom. The van der Waals surface area contributed by atoms with Crippen LogP contribution in [0.2, 0.25) is 0 Å². The van der Waals surface area contributed by atoms with Crippen LogP contribution < -0.4 is 20.4 Å². The van der Waals surface area contributed by atoms with E-state index in [4.69, 9.17) is 9.15 Å². The minimum atomic E-state index is -3.68. The largest absolute Gasteiger partial charge is 0.487 e. The topological polar surface area (TPSA) is 110 Å². The lowest BCUT2D eigenvalue weighted by molar-refractivity contribution is -0.121. The maximum atomic E-state index is 12.5. The van der Waals surface area contributed by atoms with Gasteiger partial charge in [0.15, 0.2) is 0 Å². The first kappa shape index (κ1) is 25.5. The van der Waals surface area contributed by atoms with Crippen molar-refractivity contribution in [3.63, 3.8) is 0 Å². The normalized spacial score (nSPS) is 17.1. The molecule has 9 heteroatoms. The van der Waals surface area contributed by atoms with Gasteiger partial charge in [-0.05, 0) is 88.6 Å². The molecule has 0 unspecified atom stereocenters. The van der Waals surface area contributed by atoms with Crippen molar-refractivity contribution in [1.82, 2.24) is 10.1 Å². The molecule has 1 aliphatic carbocycles. The van der Waals surface area contributed by atoms with Crippen molar-refractivity contribution in [2.75, 3.05) is 6.54 Å². The van der Waals surface area contributed by atoms with Gasteiger partial charge >= 0.3 is 0 Å². The Morgan fingerprint density at radius 2 is 1.78 bits per heavy atom. The molecule has 1 aliphatic heterocycles. The molecule has 2 aromatic carbocycles. The van der Waals surface area contributed by atoms with Crippen LogP contribution in [0.1, 0.15) is 61.8 Å². The first-order valence-corrected chi connectivity index (χ1v) is 14.3. The van der Waals surface area contributed by atoms with Crippen LogP contribution in [0, 0.1) is 6.92 Å². The molecule has 196 valence electrons. The molecule has 0 bridgehead atoms. The van der Waals surface area contributed by atoms with Crippen molar-refractivity contribution in [1.29, 1.82) is 0 Å². The van der Waals surface area contributed by atoms with E-state index in [1.807, 2.05) is 13.0 Å². The van der Waals surface area contributed by atoms with Gasteiger partial charge in [-0.3, -0.25) is 4.79 Å². The molecule has 0 radical (unpaired) electrons. The van der Waals surface area contributed by atoms with Gasteiger partial charge in [-0.2, -0.15) is 0 Å². The van der Waals surface area contributed by atoms with E-state index in [0.29, 0.717) is 11.1 Å². The van der Waals surface area contributed by atoms with Gasteiger partial charge in [0.2, 0.25) is 21.5 Å². The maximum absolute atomic E-state index is 12.5. The number of nitrogens with zero attached hydrogens (tertiary/aromatic N) is 1. The summed E-state index contributed by atoms with van der Waals surface area (Å²) in [4.78, 5) is 12.6. The smallest absolute Gasteiger partial charge is 0.241 e. The molecule has 1 aromatic heterocycles. The molecule has 0 atom stereocenters. The Balaban J connectivity index is 1.34. The number of ether oxygens (including phenoxy) is 1. The Labute approximate surface area is 217 Å². The van der Waals surface area contributed by atoms with E-state index < -0.39 is 15.9 Å². The van der Waals surface area contributed by atoms with Crippen LogP contribution in [-0.4, -0.2) is 26.5 Å². The summed E-state index contributed by atoms with van der Waals surface area (Å²) < 4.78 is 39.7. The average Bonchev–Trinajstić information content (AvgIpc) is 2.86. The molecule has 0 fully saturated rings. The zero-order valence-electron chi connectivity index (χ0n) is 21.5. The monoisotopic (exact) mass is 523 g/mol. The summed E-state index contributed by atoms with van der Waals surface area (Å²) in [7, 11) is -3.68. The second kappa shape index (κ2) is 9.95. The highest BCUT2D eigenvalue weighted by Crippen LogP contribution is 2.37. The highest BCUT2D eigenvalue weighted by molar-refractivity contribution is 7.89. The Morgan fingerprint density at radius 1 is 1.05 bits per heavy atom. The van der Waals surface area contributed by atoms with Gasteiger partial charge in [-0.1, -0.05) is 17.7 Å². The van der Waals surface area contributed by atoms with Gasteiger partial charge in [0, 0.05) is 30.0 Å². The third kappa shape index (κ3) is 5.57. The second-order valence-electron chi connectivity index (χ2n) is 10.5. The third-order valence-corrected chi connectivity index (χ3v) is 8.54. The third-order valence-electron chi connectivity index (χ3n) is 7.06. The van der Waals surface area contributed by atoms with Gasteiger partial charge in [-0.15, -0.1) is 5.10 Å². The average molecular weight is 524 g/mol. The Hall–Kier alpha value is -3.17. The summed E-state index contributed by atoms with van der Waals surface area (Å²) in [6.45, 7) is 6.02. The number of hydrogen-bond acceptors (Lipinski definition) is 6. The summed E-state index contributed by atoms with van der Waals surface area (Å²) in [5, 5.41) is 5.40. The molecule has 2 heterocycles. The van der Waals surface area contributed by atoms with Crippen LogP contribution in [0.25, 0.3) is 11.0 Å². The van der Waals surface area contributed by atoms with E-state index in [-0.39, 0.29) is 23.5 Å². The SMILES string of the molecule is Cc1ccc(S(=O)(=O)NCCC(=O)N/N=c2/oc3cc4c(cc3c3c2CCCC3)CCC(C)(C)O4)cc1. The quantitative estimate of drug-likeness (QED) is 0.474. The predicted molar refractivity (Wildman–Crippen MR) is 141 cm³/mol. The van der Waals surface area contributed by atoms with E-state index in [0.717, 1.165) is 60.8 Å². The first-order valence-electron chi connectivity index (χ1n) is 12.8. The van der Waals surface area contributed by atoms with Crippen LogP contribution in [0.5, 0.6) is 5.75 Å². The Kier molecular flexibility index (Phi) is 6.85. The number of hydrogen-bond donors (Lipinski definition) is 2.